The molecule has 170 valence electrons. The molecule has 32 heavy (non-hydrogen) atoms. The molecule has 8 heteroatoms. The Morgan fingerprint density at radius 1 is 1.12 bits per heavy atom. The van der Waals surface area contributed by atoms with Crippen LogP contribution in [0, 0.1) is 12.7 Å². The molecule has 2 aliphatic rings. The number of carbonyl (C=O) groups excluding carboxylic acids is 2. The molecular formula is C24H30FN5O2. The van der Waals surface area contributed by atoms with Crippen LogP contribution < -0.4 is 5.32 Å². The number of nitrogens with zero attached hydrogens (tertiary/aromatic N) is 4. The second-order valence-corrected chi connectivity index (χ2v) is 8.68. The van der Waals surface area contributed by atoms with E-state index in [9.17, 15) is 14.0 Å². The summed E-state index contributed by atoms with van der Waals surface area (Å²) < 4.78 is 13.8. The fourth-order valence-corrected chi connectivity index (χ4v) is 4.44. The SMILES string of the molecule is Cc1nc([C@@H]2CCN(C(=O)CN3CCCCCC3)C2)ncc1C(=O)Nc1ccccc1F. The monoisotopic (exact) mass is 439 g/mol. The van der Waals surface area contributed by atoms with Crippen LogP contribution in [0.2, 0.25) is 0 Å². The normalized spacial score (nSPS) is 19.6. The van der Waals surface area contributed by atoms with Crippen molar-refractivity contribution < 1.29 is 14.0 Å². The molecule has 0 unspecified atom stereocenters. The molecule has 0 radical (unpaired) electrons. The van der Waals surface area contributed by atoms with Gasteiger partial charge < -0.3 is 10.2 Å². The number of anilines is 1. The molecule has 3 heterocycles. The molecule has 1 atom stereocenters. The van der Waals surface area contributed by atoms with Gasteiger partial charge in [-0.05, 0) is 51.4 Å². The number of para-hydroxylation sites is 1. The Morgan fingerprint density at radius 2 is 1.88 bits per heavy atom. The molecule has 1 aromatic heterocycles. The smallest absolute Gasteiger partial charge is 0.259 e. The number of likely N-dealkylation sites (tertiary alicyclic amines) is 2. The van der Waals surface area contributed by atoms with Crippen molar-refractivity contribution in [2.75, 3.05) is 38.0 Å². The van der Waals surface area contributed by atoms with E-state index in [1.165, 1.54) is 44.0 Å². The van der Waals surface area contributed by atoms with Crippen molar-refractivity contribution in [1.82, 2.24) is 19.8 Å². The Hall–Kier alpha value is -2.87. The number of carbonyl (C=O) groups is 2. The number of aromatic nitrogens is 2. The van der Waals surface area contributed by atoms with Crippen LogP contribution in [-0.2, 0) is 4.79 Å². The zero-order valence-corrected chi connectivity index (χ0v) is 18.5. The average molecular weight is 440 g/mol. The number of aryl methyl sites for hydroxylation is 1. The lowest BCUT2D eigenvalue weighted by Gasteiger charge is -2.23. The van der Waals surface area contributed by atoms with Crippen LogP contribution in [0.25, 0.3) is 0 Å². The third-order valence-electron chi connectivity index (χ3n) is 6.33. The van der Waals surface area contributed by atoms with Gasteiger partial charge in [0.05, 0.1) is 23.5 Å². The van der Waals surface area contributed by atoms with Crippen LogP contribution in [-0.4, -0.2) is 64.3 Å². The molecule has 2 fully saturated rings. The highest BCUT2D eigenvalue weighted by Gasteiger charge is 2.30. The topological polar surface area (TPSA) is 78.4 Å². The maximum atomic E-state index is 13.8. The van der Waals surface area contributed by atoms with Gasteiger partial charge in [-0.2, -0.15) is 0 Å². The molecule has 2 saturated heterocycles. The van der Waals surface area contributed by atoms with Gasteiger partial charge in [0.2, 0.25) is 5.91 Å². The summed E-state index contributed by atoms with van der Waals surface area (Å²) in [5, 5.41) is 2.57. The van der Waals surface area contributed by atoms with E-state index in [1.54, 1.807) is 19.1 Å². The quantitative estimate of drug-likeness (QED) is 0.773. The van der Waals surface area contributed by atoms with Crippen LogP contribution in [0.3, 0.4) is 0 Å². The minimum Gasteiger partial charge on any atom is -0.341 e. The molecule has 0 spiro atoms. The van der Waals surface area contributed by atoms with Crippen molar-refractivity contribution in [3.05, 3.63) is 53.4 Å². The van der Waals surface area contributed by atoms with E-state index < -0.39 is 11.7 Å². The van der Waals surface area contributed by atoms with Gasteiger partial charge in [0.25, 0.3) is 5.91 Å². The number of halogens is 1. The number of hydrogen-bond donors (Lipinski definition) is 1. The number of benzene rings is 1. The Balaban J connectivity index is 1.36. The highest BCUT2D eigenvalue weighted by molar-refractivity contribution is 6.04. The lowest BCUT2D eigenvalue weighted by Crippen LogP contribution is -2.39. The molecule has 0 bridgehead atoms. The van der Waals surface area contributed by atoms with Gasteiger partial charge in [-0.1, -0.05) is 25.0 Å². The molecule has 7 nitrogen and oxygen atoms in total. The number of hydrogen-bond acceptors (Lipinski definition) is 5. The Labute approximate surface area is 188 Å². The van der Waals surface area contributed by atoms with E-state index in [-0.39, 0.29) is 17.5 Å². The fraction of sp³-hybridized carbons (Fsp3) is 0.500. The van der Waals surface area contributed by atoms with Crippen LogP contribution >= 0.6 is 0 Å². The van der Waals surface area contributed by atoms with Crippen LogP contribution in [0.1, 0.15) is 59.9 Å². The first kappa shape index (κ1) is 22.3. The van der Waals surface area contributed by atoms with E-state index in [1.807, 2.05) is 4.90 Å². The Kier molecular flexibility index (Phi) is 7.09. The van der Waals surface area contributed by atoms with Crippen molar-refractivity contribution in [3.8, 4) is 0 Å². The van der Waals surface area contributed by atoms with Crippen LogP contribution in [0.4, 0.5) is 10.1 Å². The van der Waals surface area contributed by atoms with E-state index in [0.717, 1.165) is 19.5 Å². The summed E-state index contributed by atoms with van der Waals surface area (Å²) >= 11 is 0. The molecule has 2 aromatic rings. The summed E-state index contributed by atoms with van der Waals surface area (Å²) in [4.78, 5) is 38.5. The van der Waals surface area contributed by atoms with Crippen molar-refractivity contribution in [3.63, 3.8) is 0 Å². The highest BCUT2D eigenvalue weighted by atomic mass is 19.1. The standard InChI is InChI=1S/C24H30FN5O2/c1-17-19(24(32)28-21-9-5-4-8-20(21)25)14-26-23(27-17)18-10-13-30(15-18)22(31)16-29-11-6-2-3-7-12-29/h4-5,8-9,14,18H,2-3,6-7,10-13,15-16H2,1H3,(H,28,32)/t18-/m1/s1. The van der Waals surface area contributed by atoms with E-state index >= 15 is 0 Å². The molecule has 2 aliphatic heterocycles. The largest absolute Gasteiger partial charge is 0.341 e. The van der Waals surface area contributed by atoms with Crippen molar-refractivity contribution >= 4 is 17.5 Å². The second kappa shape index (κ2) is 10.2. The zero-order valence-electron chi connectivity index (χ0n) is 18.5. The average Bonchev–Trinajstić information content (AvgIpc) is 3.14. The molecular weight excluding hydrogens is 409 g/mol. The lowest BCUT2D eigenvalue weighted by atomic mass is 10.1. The van der Waals surface area contributed by atoms with Gasteiger partial charge in [-0.25, -0.2) is 14.4 Å². The van der Waals surface area contributed by atoms with Crippen LogP contribution in [0.5, 0.6) is 0 Å². The summed E-state index contributed by atoms with van der Waals surface area (Å²) in [6, 6.07) is 6.03. The number of rotatable bonds is 5. The summed E-state index contributed by atoms with van der Waals surface area (Å²) in [7, 11) is 0. The van der Waals surface area contributed by atoms with Crippen LogP contribution in [0.15, 0.2) is 30.5 Å². The number of nitrogens with one attached hydrogen (secondary N) is 1. The van der Waals surface area contributed by atoms with Gasteiger partial charge in [0.15, 0.2) is 0 Å². The molecule has 1 N–H and O–H groups in total. The first-order valence-electron chi connectivity index (χ1n) is 11.4. The Morgan fingerprint density at radius 3 is 2.59 bits per heavy atom. The Bertz CT molecular complexity index is 975. The molecule has 0 saturated carbocycles. The van der Waals surface area contributed by atoms with E-state index in [4.69, 9.17) is 0 Å². The third kappa shape index (κ3) is 5.30. The third-order valence-corrected chi connectivity index (χ3v) is 6.33. The van der Waals surface area contributed by atoms with Crippen molar-refractivity contribution in [2.45, 2.75) is 44.9 Å². The minimum absolute atomic E-state index is 0.0606. The van der Waals surface area contributed by atoms with Gasteiger partial charge in [-0.15, -0.1) is 0 Å². The summed E-state index contributed by atoms with van der Waals surface area (Å²) in [5.41, 5.74) is 0.970. The van der Waals surface area contributed by atoms with Gasteiger partial charge in [0, 0.05) is 25.2 Å². The molecule has 0 aliphatic carbocycles. The lowest BCUT2D eigenvalue weighted by molar-refractivity contribution is -0.131. The zero-order chi connectivity index (χ0) is 22.5. The summed E-state index contributed by atoms with van der Waals surface area (Å²) in [6.07, 6.45) is 7.14. The van der Waals surface area contributed by atoms with Gasteiger partial charge in [-0.3, -0.25) is 14.5 Å². The predicted octanol–water partition coefficient (Wildman–Crippen LogP) is 3.37. The number of amides is 2. The molecule has 1 aromatic carbocycles. The summed E-state index contributed by atoms with van der Waals surface area (Å²) in [5.74, 6) is -0.0563. The second-order valence-electron chi connectivity index (χ2n) is 8.68. The first-order valence-corrected chi connectivity index (χ1v) is 11.4. The predicted molar refractivity (Wildman–Crippen MR) is 120 cm³/mol. The van der Waals surface area contributed by atoms with Crippen molar-refractivity contribution in [1.29, 1.82) is 0 Å². The van der Waals surface area contributed by atoms with E-state index in [2.05, 4.69) is 20.2 Å². The maximum Gasteiger partial charge on any atom is 0.259 e. The summed E-state index contributed by atoms with van der Waals surface area (Å²) in [6.45, 7) is 5.55. The first-order chi connectivity index (χ1) is 15.5. The van der Waals surface area contributed by atoms with Gasteiger partial charge >= 0.3 is 0 Å². The highest BCUT2D eigenvalue weighted by Crippen LogP contribution is 2.26. The molecule has 2 amide bonds. The van der Waals surface area contributed by atoms with Crippen molar-refractivity contribution in [2.24, 2.45) is 0 Å². The fourth-order valence-electron chi connectivity index (χ4n) is 4.44. The maximum absolute atomic E-state index is 13.8. The molecule has 4 rings (SSSR count). The minimum atomic E-state index is -0.494. The van der Waals surface area contributed by atoms with Gasteiger partial charge in [0.1, 0.15) is 11.6 Å². The van der Waals surface area contributed by atoms with E-state index in [0.29, 0.717) is 36.7 Å².